The Morgan fingerprint density at radius 1 is 0.724 bits per heavy atom. The highest BCUT2D eigenvalue weighted by atomic mass is 19.2. The van der Waals surface area contributed by atoms with E-state index in [4.69, 9.17) is 4.74 Å². The van der Waals surface area contributed by atoms with Crippen LogP contribution in [0.15, 0.2) is 48.5 Å². The summed E-state index contributed by atoms with van der Waals surface area (Å²) >= 11 is 0. The Morgan fingerprint density at radius 2 is 1.45 bits per heavy atom. The van der Waals surface area contributed by atoms with Crippen molar-refractivity contribution in [2.24, 2.45) is 0 Å². The third-order valence-electron chi connectivity index (χ3n) is 4.60. The fourth-order valence-electron chi connectivity index (χ4n) is 2.99. The molecule has 5 heteroatoms. The molecule has 0 N–H and O–H groups in total. The monoisotopic (exact) mass is 400 g/mol. The van der Waals surface area contributed by atoms with Crippen LogP contribution in [0.3, 0.4) is 0 Å². The van der Waals surface area contributed by atoms with Gasteiger partial charge in [0, 0.05) is 11.1 Å². The van der Waals surface area contributed by atoms with E-state index in [2.05, 4.69) is 0 Å². The number of halogens is 4. The molecule has 0 amide bonds. The molecule has 29 heavy (non-hydrogen) atoms. The number of ether oxygens (including phenoxy) is 1. The molecule has 0 bridgehead atoms. The molecule has 0 aliphatic heterocycles. The third-order valence-corrected chi connectivity index (χ3v) is 4.60. The molecule has 0 spiro atoms. The van der Waals surface area contributed by atoms with Gasteiger partial charge in [-0.05, 0) is 42.2 Å². The van der Waals surface area contributed by atoms with Gasteiger partial charge in [0.2, 0.25) is 5.82 Å². The van der Waals surface area contributed by atoms with Gasteiger partial charge < -0.3 is 4.74 Å². The molecule has 3 aromatic rings. The van der Waals surface area contributed by atoms with Crippen molar-refractivity contribution in [2.75, 3.05) is 6.61 Å². The molecule has 3 rings (SSSR count). The average Bonchev–Trinajstić information content (AvgIpc) is 2.73. The van der Waals surface area contributed by atoms with E-state index in [-0.39, 0.29) is 23.5 Å². The third kappa shape index (κ3) is 4.34. The summed E-state index contributed by atoms with van der Waals surface area (Å²) in [6, 6.07) is 12.6. The standard InChI is InChI=1S/C24H20F4O/c1-3-16-11-12-18(22(26)21(16)25)10-7-15-5-8-17(9-6-15)19-13-14-20(29-4-2)24(28)23(19)27/h5-14H,3-4H2,1-2H3/b10-7+. The number of benzene rings is 3. The van der Waals surface area contributed by atoms with E-state index < -0.39 is 23.3 Å². The maximum atomic E-state index is 14.3. The normalized spacial score (nSPS) is 11.2. The van der Waals surface area contributed by atoms with Gasteiger partial charge in [-0.1, -0.05) is 55.5 Å². The van der Waals surface area contributed by atoms with Gasteiger partial charge in [-0.25, -0.2) is 13.2 Å². The van der Waals surface area contributed by atoms with E-state index >= 15 is 0 Å². The molecule has 0 unspecified atom stereocenters. The molecule has 0 aliphatic carbocycles. The van der Waals surface area contributed by atoms with Crippen LogP contribution < -0.4 is 4.74 Å². The minimum absolute atomic E-state index is 0.116. The molecule has 0 atom stereocenters. The Hall–Kier alpha value is -3.08. The Morgan fingerprint density at radius 3 is 2.10 bits per heavy atom. The second kappa shape index (κ2) is 8.95. The largest absolute Gasteiger partial charge is 0.491 e. The van der Waals surface area contributed by atoms with E-state index in [0.717, 1.165) is 0 Å². The van der Waals surface area contributed by atoms with Crippen molar-refractivity contribution in [3.63, 3.8) is 0 Å². The molecular formula is C24H20F4O. The highest BCUT2D eigenvalue weighted by Gasteiger charge is 2.15. The summed E-state index contributed by atoms with van der Waals surface area (Å²) in [5.41, 5.74) is 1.79. The zero-order valence-corrected chi connectivity index (χ0v) is 16.1. The van der Waals surface area contributed by atoms with Gasteiger partial charge in [-0.15, -0.1) is 0 Å². The van der Waals surface area contributed by atoms with E-state index in [1.165, 1.54) is 24.3 Å². The molecule has 150 valence electrons. The molecule has 0 saturated heterocycles. The zero-order valence-electron chi connectivity index (χ0n) is 16.1. The first kappa shape index (κ1) is 20.6. The van der Waals surface area contributed by atoms with Crippen molar-refractivity contribution in [1.82, 2.24) is 0 Å². The first-order chi connectivity index (χ1) is 14.0. The molecular weight excluding hydrogens is 380 g/mol. The Kier molecular flexibility index (Phi) is 6.37. The highest BCUT2D eigenvalue weighted by molar-refractivity contribution is 5.73. The van der Waals surface area contributed by atoms with E-state index in [1.54, 1.807) is 50.3 Å². The van der Waals surface area contributed by atoms with Gasteiger partial charge in [0.25, 0.3) is 0 Å². The maximum absolute atomic E-state index is 14.3. The van der Waals surface area contributed by atoms with Crippen LogP contribution in [0.25, 0.3) is 23.3 Å². The molecule has 0 heterocycles. The zero-order chi connectivity index (χ0) is 21.0. The lowest BCUT2D eigenvalue weighted by molar-refractivity contribution is 0.314. The SMILES string of the molecule is CCOc1ccc(-c2ccc(/C=C/c3ccc(CC)c(F)c3F)cc2)c(F)c1F. The van der Waals surface area contributed by atoms with E-state index in [0.29, 0.717) is 23.1 Å². The Labute approximate surface area is 167 Å². The van der Waals surface area contributed by atoms with Crippen LogP contribution in [-0.4, -0.2) is 6.61 Å². The van der Waals surface area contributed by atoms with Crippen LogP contribution in [0.1, 0.15) is 30.5 Å². The average molecular weight is 400 g/mol. The lowest BCUT2D eigenvalue weighted by Crippen LogP contribution is -1.98. The summed E-state index contributed by atoms with van der Waals surface area (Å²) in [6.45, 7) is 3.69. The Balaban J connectivity index is 1.84. The lowest BCUT2D eigenvalue weighted by Gasteiger charge is -2.09. The van der Waals surface area contributed by atoms with Crippen LogP contribution in [0, 0.1) is 23.3 Å². The van der Waals surface area contributed by atoms with Crippen LogP contribution in [0.2, 0.25) is 0 Å². The topological polar surface area (TPSA) is 9.23 Å². The number of rotatable bonds is 6. The van der Waals surface area contributed by atoms with Crippen molar-refractivity contribution in [3.8, 4) is 16.9 Å². The molecule has 0 aliphatic rings. The van der Waals surface area contributed by atoms with Gasteiger partial charge >= 0.3 is 0 Å². The first-order valence-electron chi connectivity index (χ1n) is 9.32. The van der Waals surface area contributed by atoms with Crippen molar-refractivity contribution in [1.29, 1.82) is 0 Å². The summed E-state index contributed by atoms with van der Waals surface area (Å²) in [5, 5.41) is 0. The van der Waals surface area contributed by atoms with Gasteiger partial charge in [-0.3, -0.25) is 0 Å². The predicted octanol–water partition coefficient (Wildman–Crippen LogP) is 7.04. The molecule has 1 nitrogen and oxygen atoms in total. The summed E-state index contributed by atoms with van der Waals surface area (Å²) in [7, 11) is 0. The second-order valence-electron chi connectivity index (χ2n) is 6.42. The van der Waals surface area contributed by atoms with E-state index in [1.807, 2.05) is 0 Å². The molecule has 0 aromatic heterocycles. The fourth-order valence-corrected chi connectivity index (χ4v) is 2.99. The highest BCUT2D eigenvalue weighted by Crippen LogP contribution is 2.30. The minimum Gasteiger partial charge on any atom is -0.491 e. The number of aryl methyl sites for hydroxylation is 1. The Bertz CT molecular complexity index is 1040. The predicted molar refractivity (Wildman–Crippen MR) is 108 cm³/mol. The van der Waals surface area contributed by atoms with Crippen LogP contribution in [0.5, 0.6) is 5.75 Å². The second-order valence-corrected chi connectivity index (χ2v) is 6.42. The maximum Gasteiger partial charge on any atom is 0.201 e. The number of hydrogen-bond donors (Lipinski definition) is 0. The van der Waals surface area contributed by atoms with Gasteiger partial charge in [0.15, 0.2) is 23.2 Å². The minimum atomic E-state index is -1.03. The van der Waals surface area contributed by atoms with E-state index in [9.17, 15) is 17.6 Å². The first-order valence-corrected chi connectivity index (χ1v) is 9.32. The molecule has 0 saturated carbocycles. The van der Waals surface area contributed by atoms with Crippen molar-refractivity contribution >= 4 is 12.2 Å². The van der Waals surface area contributed by atoms with Crippen molar-refractivity contribution in [2.45, 2.75) is 20.3 Å². The van der Waals surface area contributed by atoms with Crippen LogP contribution in [-0.2, 0) is 6.42 Å². The van der Waals surface area contributed by atoms with Crippen LogP contribution in [0.4, 0.5) is 17.6 Å². The van der Waals surface area contributed by atoms with Gasteiger partial charge in [0.05, 0.1) is 6.61 Å². The molecule has 0 fully saturated rings. The summed E-state index contributed by atoms with van der Waals surface area (Å²) in [6.07, 6.45) is 3.52. The molecule has 3 aromatic carbocycles. The lowest BCUT2D eigenvalue weighted by atomic mass is 10.0. The smallest absolute Gasteiger partial charge is 0.201 e. The van der Waals surface area contributed by atoms with Gasteiger partial charge in [-0.2, -0.15) is 4.39 Å². The van der Waals surface area contributed by atoms with Gasteiger partial charge in [0.1, 0.15) is 0 Å². The summed E-state index contributed by atoms with van der Waals surface area (Å²) in [4.78, 5) is 0. The number of hydrogen-bond acceptors (Lipinski definition) is 1. The van der Waals surface area contributed by atoms with Crippen molar-refractivity contribution < 1.29 is 22.3 Å². The van der Waals surface area contributed by atoms with Crippen molar-refractivity contribution in [3.05, 3.63) is 88.5 Å². The van der Waals surface area contributed by atoms with Crippen LogP contribution >= 0.6 is 0 Å². The quantitative estimate of drug-likeness (QED) is 0.318. The fraction of sp³-hybridized carbons (Fsp3) is 0.167. The molecule has 0 radical (unpaired) electrons. The summed E-state index contributed by atoms with van der Waals surface area (Å²) < 4.78 is 61.4. The summed E-state index contributed by atoms with van der Waals surface area (Å²) in [5.74, 6) is -3.85.